The lowest BCUT2D eigenvalue weighted by Gasteiger charge is -2.44. The zero-order valence-corrected chi connectivity index (χ0v) is 10.5. The summed E-state index contributed by atoms with van der Waals surface area (Å²) in [5.41, 5.74) is 0.939. The largest absolute Gasteiger partial charge is 0.379 e. The molecule has 1 aliphatic carbocycles. The highest BCUT2D eigenvalue weighted by atomic mass is 19.1. The Kier molecular flexibility index (Phi) is 2.68. The molecule has 1 saturated carbocycles. The van der Waals surface area contributed by atoms with E-state index in [-0.39, 0.29) is 5.54 Å². The van der Waals surface area contributed by atoms with Crippen LogP contribution in [-0.2, 0) is 0 Å². The van der Waals surface area contributed by atoms with Crippen molar-refractivity contribution >= 4 is 11.4 Å². The van der Waals surface area contributed by atoms with E-state index in [2.05, 4.69) is 17.6 Å². The van der Waals surface area contributed by atoms with Gasteiger partial charge < -0.3 is 10.6 Å². The van der Waals surface area contributed by atoms with Crippen LogP contribution in [0.3, 0.4) is 0 Å². The summed E-state index contributed by atoms with van der Waals surface area (Å²) in [4.78, 5) is 0. The maximum atomic E-state index is 13.6. The van der Waals surface area contributed by atoms with Crippen LogP contribution in [0.1, 0.15) is 32.6 Å². The third-order valence-electron chi connectivity index (χ3n) is 4.29. The molecule has 3 rings (SSSR count). The number of benzene rings is 1. The lowest BCUT2D eigenvalue weighted by molar-refractivity contribution is 0.273. The molecule has 0 unspecified atom stereocenters. The predicted octanol–water partition coefficient (Wildman–Crippen LogP) is 3.75. The standard InChI is InChI=1S/C14H18F2N2/c1-9-2-4-14(5-3-9)8-17-13-11(16)6-10(15)7-12(13)18-14/h6-7,9,17-18H,2-5,8H2,1H3. The summed E-state index contributed by atoms with van der Waals surface area (Å²) in [6.07, 6.45) is 4.45. The number of fused-ring (bicyclic) bond motifs is 1. The molecule has 2 nitrogen and oxygen atoms in total. The van der Waals surface area contributed by atoms with Crippen molar-refractivity contribution in [1.29, 1.82) is 0 Å². The topological polar surface area (TPSA) is 24.1 Å². The molecule has 1 aromatic carbocycles. The van der Waals surface area contributed by atoms with Gasteiger partial charge in [-0.05, 0) is 37.7 Å². The maximum absolute atomic E-state index is 13.6. The molecule has 0 atom stereocenters. The van der Waals surface area contributed by atoms with Gasteiger partial charge in [0.25, 0.3) is 0 Å². The van der Waals surface area contributed by atoms with Crippen molar-refractivity contribution in [3.8, 4) is 0 Å². The highest BCUT2D eigenvalue weighted by Crippen LogP contribution is 2.40. The van der Waals surface area contributed by atoms with E-state index in [1.54, 1.807) is 0 Å². The van der Waals surface area contributed by atoms with E-state index in [0.29, 0.717) is 11.4 Å². The van der Waals surface area contributed by atoms with Crippen molar-refractivity contribution in [1.82, 2.24) is 0 Å². The second-order valence-corrected chi connectivity index (χ2v) is 5.75. The molecular formula is C14H18F2N2. The minimum Gasteiger partial charge on any atom is -0.379 e. The number of hydrogen-bond donors (Lipinski definition) is 2. The Labute approximate surface area is 106 Å². The van der Waals surface area contributed by atoms with Gasteiger partial charge in [0.05, 0.1) is 16.9 Å². The van der Waals surface area contributed by atoms with Crippen LogP contribution >= 0.6 is 0 Å². The van der Waals surface area contributed by atoms with E-state index in [9.17, 15) is 8.78 Å². The van der Waals surface area contributed by atoms with Gasteiger partial charge in [0.2, 0.25) is 0 Å². The third-order valence-corrected chi connectivity index (χ3v) is 4.29. The Morgan fingerprint density at radius 3 is 2.67 bits per heavy atom. The minimum atomic E-state index is -0.526. The van der Waals surface area contributed by atoms with Crippen LogP contribution < -0.4 is 10.6 Å². The Balaban J connectivity index is 1.89. The zero-order valence-electron chi connectivity index (χ0n) is 10.5. The molecule has 1 aliphatic heterocycles. The highest BCUT2D eigenvalue weighted by molar-refractivity contribution is 5.73. The first-order valence-corrected chi connectivity index (χ1v) is 6.59. The van der Waals surface area contributed by atoms with Crippen LogP contribution in [0, 0.1) is 17.6 Å². The molecule has 0 bridgehead atoms. The highest BCUT2D eigenvalue weighted by Gasteiger charge is 2.37. The van der Waals surface area contributed by atoms with Crippen molar-refractivity contribution in [3.63, 3.8) is 0 Å². The number of hydrogen-bond acceptors (Lipinski definition) is 2. The summed E-state index contributed by atoms with van der Waals surface area (Å²) in [5.74, 6) is -0.290. The molecule has 0 aromatic heterocycles. The molecule has 98 valence electrons. The molecule has 2 aliphatic rings. The molecule has 4 heteroatoms. The predicted molar refractivity (Wildman–Crippen MR) is 68.8 cm³/mol. The SMILES string of the molecule is CC1CCC2(CC1)CNc1c(F)cc(F)cc1N2. The Hall–Kier alpha value is -1.32. The quantitative estimate of drug-likeness (QED) is 0.734. The molecule has 2 N–H and O–H groups in total. The van der Waals surface area contributed by atoms with Gasteiger partial charge >= 0.3 is 0 Å². The summed E-state index contributed by atoms with van der Waals surface area (Å²) in [7, 11) is 0. The lowest BCUT2D eigenvalue weighted by Crippen LogP contribution is -2.50. The third kappa shape index (κ3) is 1.93. The van der Waals surface area contributed by atoms with Crippen molar-refractivity contribution < 1.29 is 8.78 Å². The molecule has 0 saturated heterocycles. The monoisotopic (exact) mass is 252 g/mol. The second-order valence-electron chi connectivity index (χ2n) is 5.75. The van der Waals surface area contributed by atoms with Gasteiger partial charge in [0.15, 0.2) is 5.82 Å². The van der Waals surface area contributed by atoms with E-state index in [1.807, 2.05) is 0 Å². The first-order chi connectivity index (χ1) is 8.58. The number of nitrogens with one attached hydrogen (secondary N) is 2. The van der Waals surface area contributed by atoms with Gasteiger partial charge in [-0.1, -0.05) is 6.92 Å². The summed E-state index contributed by atoms with van der Waals surface area (Å²) in [5, 5.41) is 6.50. The molecule has 18 heavy (non-hydrogen) atoms. The lowest BCUT2D eigenvalue weighted by atomic mass is 9.76. The van der Waals surface area contributed by atoms with Gasteiger partial charge in [0, 0.05) is 12.6 Å². The Morgan fingerprint density at radius 1 is 1.22 bits per heavy atom. The molecule has 0 amide bonds. The van der Waals surface area contributed by atoms with E-state index in [4.69, 9.17) is 0 Å². The molecule has 1 aromatic rings. The summed E-state index contributed by atoms with van der Waals surface area (Å²) in [6.45, 7) is 2.98. The van der Waals surface area contributed by atoms with E-state index in [0.717, 1.165) is 31.4 Å². The van der Waals surface area contributed by atoms with Gasteiger partial charge in [-0.15, -0.1) is 0 Å². The van der Waals surface area contributed by atoms with Crippen molar-refractivity contribution in [2.75, 3.05) is 17.2 Å². The number of rotatable bonds is 0. The van der Waals surface area contributed by atoms with Crippen LogP contribution in [0.5, 0.6) is 0 Å². The molecule has 0 radical (unpaired) electrons. The van der Waals surface area contributed by atoms with Crippen molar-refractivity contribution in [3.05, 3.63) is 23.8 Å². The van der Waals surface area contributed by atoms with Crippen molar-refractivity contribution in [2.24, 2.45) is 5.92 Å². The van der Waals surface area contributed by atoms with Crippen LogP contribution in [-0.4, -0.2) is 12.1 Å². The fourth-order valence-electron chi connectivity index (χ4n) is 3.06. The van der Waals surface area contributed by atoms with Gasteiger partial charge in [0.1, 0.15) is 5.82 Å². The van der Waals surface area contributed by atoms with Crippen LogP contribution in [0.25, 0.3) is 0 Å². The number of halogens is 2. The number of anilines is 2. The summed E-state index contributed by atoms with van der Waals surface area (Å²) < 4.78 is 26.9. The smallest absolute Gasteiger partial charge is 0.151 e. The molecule has 1 spiro atoms. The van der Waals surface area contributed by atoms with Gasteiger partial charge in [-0.25, -0.2) is 8.78 Å². The van der Waals surface area contributed by atoms with E-state index in [1.165, 1.54) is 18.9 Å². The Bertz CT molecular complexity index is 465. The first kappa shape index (κ1) is 11.8. The van der Waals surface area contributed by atoms with Crippen LogP contribution in [0.2, 0.25) is 0 Å². The molecule has 1 heterocycles. The molecular weight excluding hydrogens is 234 g/mol. The first-order valence-electron chi connectivity index (χ1n) is 6.59. The van der Waals surface area contributed by atoms with Crippen LogP contribution in [0.4, 0.5) is 20.2 Å². The van der Waals surface area contributed by atoms with Gasteiger partial charge in [-0.3, -0.25) is 0 Å². The Morgan fingerprint density at radius 2 is 1.94 bits per heavy atom. The van der Waals surface area contributed by atoms with Gasteiger partial charge in [-0.2, -0.15) is 0 Å². The fourth-order valence-corrected chi connectivity index (χ4v) is 3.06. The zero-order chi connectivity index (χ0) is 12.8. The van der Waals surface area contributed by atoms with E-state index >= 15 is 0 Å². The average Bonchev–Trinajstić information content (AvgIpc) is 2.32. The summed E-state index contributed by atoms with van der Waals surface area (Å²) in [6, 6.07) is 2.30. The minimum absolute atomic E-state index is 0.0280. The van der Waals surface area contributed by atoms with Crippen LogP contribution in [0.15, 0.2) is 12.1 Å². The fraction of sp³-hybridized carbons (Fsp3) is 0.571. The summed E-state index contributed by atoms with van der Waals surface area (Å²) >= 11 is 0. The maximum Gasteiger partial charge on any atom is 0.151 e. The second kappa shape index (κ2) is 4.11. The van der Waals surface area contributed by atoms with Crippen molar-refractivity contribution in [2.45, 2.75) is 38.1 Å². The molecule has 1 fully saturated rings. The van der Waals surface area contributed by atoms with E-state index < -0.39 is 11.6 Å². The normalized spacial score (nSPS) is 30.5. The average molecular weight is 252 g/mol.